The first-order chi connectivity index (χ1) is 19.7. The van der Waals surface area contributed by atoms with E-state index in [1.165, 1.54) is 54.9 Å². The van der Waals surface area contributed by atoms with Gasteiger partial charge in [-0.3, -0.25) is 19.0 Å². The number of carbonyl (C=O) groups excluding carboxylic acids is 4. The molecule has 11 nitrogen and oxygen atoms in total. The van der Waals surface area contributed by atoms with E-state index in [4.69, 9.17) is 14.2 Å². The molecule has 0 saturated heterocycles. The highest BCUT2D eigenvalue weighted by molar-refractivity contribution is 6.34. The Hall–Kier alpha value is -5.26. The van der Waals surface area contributed by atoms with E-state index in [0.29, 0.717) is 5.52 Å². The summed E-state index contributed by atoms with van der Waals surface area (Å²) in [7, 11) is 0. The van der Waals surface area contributed by atoms with E-state index in [9.17, 15) is 23.6 Å². The van der Waals surface area contributed by atoms with Gasteiger partial charge in [0.1, 0.15) is 23.6 Å². The monoisotopic (exact) mass is 562 g/mol. The fourth-order valence-electron chi connectivity index (χ4n) is 3.90. The van der Waals surface area contributed by atoms with Gasteiger partial charge in [-0.25, -0.2) is 14.2 Å². The van der Waals surface area contributed by atoms with Gasteiger partial charge in [-0.2, -0.15) is 0 Å². The van der Waals surface area contributed by atoms with Gasteiger partial charge in [0.25, 0.3) is 11.8 Å². The molecule has 0 atom stereocenters. The first-order valence-corrected chi connectivity index (χ1v) is 12.8. The van der Waals surface area contributed by atoms with E-state index in [0.717, 1.165) is 4.57 Å². The standard InChI is InChI=1S/C29H27FN4O7/c1-4-39-24-15-22(25(40-5-2)14-21(24)32-26(35)17-7-10-19(30)11-8-17)33-27(36)18-9-12-20-23(13-18)34(16-31-20)28(37)29(38)41-6-3/h7-16H,4-6H2,1-3H3,(H,32,35)(H,33,36). The Morgan fingerprint density at radius 3 is 1.90 bits per heavy atom. The molecule has 4 rings (SSSR count). The summed E-state index contributed by atoms with van der Waals surface area (Å²) in [6.07, 6.45) is 1.19. The van der Waals surface area contributed by atoms with Crippen LogP contribution in [0.25, 0.3) is 11.0 Å². The number of halogens is 1. The van der Waals surface area contributed by atoms with Gasteiger partial charge in [0.15, 0.2) is 0 Å². The van der Waals surface area contributed by atoms with Crippen molar-refractivity contribution < 1.29 is 37.8 Å². The molecule has 4 aromatic rings. The number of aromatic nitrogens is 2. The van der Waals surface area contributed by atoms with Crippen molar-refractivity contribution in [3.8, 4) is 11.5 Å². The van der Waals surface area contributed by atoms with Crippen molar-refractivity contribution >= 4 is 46.1 Å². The lowest BCUT2D eigenvalue weighted by molar-refractivity contribution is -0.138. The summed E-state index contributed by atoms with van der Waals surface area (Å²) >= 11 is 0. The van der Waals surface area contributed by atoms with Gasteiger partial charge in [0.2, 0.25) is 0 Å². The van der Waals surface area contributed by atoms with E-state index in [1.807, 2.05) is 0 Å². The number of hydrogen-bond acceptors (Lipinski definition) is 8. The zero-order valence-electron chi connectivity index (χ0n) is 22.5. The normalized spacial score (nSPS) is 10.6. The molecule has 1 heterocycles. The molecule has 0 aliphatic carbocycles. The van der Waals surface area contributed by atoms with Gasteiger partial charge in [-0.1, -0.05) is 0 Å². The van der Waals surface area contributed by atoms with Crippen molar-refractivity contribution in [3.05, 3.63) is 77.9 Å². The summed E-state index contributed by atoms with van der Waals surface area (Å²) in [6.45, 7) is 5.65. The Labute approximate surface area is 234 Å². The van der Waals surface area contributed by atoms with E-state index in [1.54, 1.807) is 26.8 Å². The van der Waals surface area contributed by atoms with Crippen LogP contribution in [0.4, 0.5) is 15.8 Å². The number of hydrogen-bond donors (Lipinski definition) is 2. The van der Waals surface area contributed by atoms with Crippen molar-refractivity contribution in [2.45, 2.75) is 20.8 Å². The van der Waals surface area contributed by atoms with Crippen LogP contribution in [-0.4, -0.2) is 53.1 Å². The second-order valence-corrected chi connectivity index (χ2v) is 8.47. The third-order valence-corrected chi connectivity index (χ3v) is 5.76. The van der Waals surface area contributed by atoms with Crippen LogP contribution in [-0.2, 0) is 9.53 Å². The fraction of sp³-hybridized carbons (Fsp3) is 0.207. The number of nitrogens with one attached hydrogen (secondary N) is 2. The summed E-state index contributed by atoms with van der Waals surface area (Å²) in [4.78, 5) is 54.6. The second kappa shape index (κ2) is 12.7. The van der Waals surface area contributed by atoms with Gasteiger partial charge in [-0.15, -0.1) is 0 Å². The van der Waals surface area contributed by atoms with Crippen LogP contribution < -0.4 is 20.1 Å². The van der Waals surface area contributed by atoms with Gasteiger partial charge in [0, 0.05) is 23.3 Å². The van der Waals surface area contributed by atoms with Crippen LogP contribution in [0.5, 0.6) is 11.5 Å². The molecule has 41 heavy (non-hydrogen) atoms. The summed E-state index contributed by atoms with van der Waals surface area (Å²) < 4.78 is 30.5. The minimum absolute atomic E-state index is 0.0332. The molecule has 0 saturated carbocycles. The molecular weight excluding hydrogens is 535 g/mol. The molecular formula is C29H27FN4O7. The fourth-order valence-corrected chi connectivity index (χ4v) is 3.90. The maximum atomic E-state index is 13.3. The Morgan fingerprint density at radius 2 is 1.34 bits per heavy atom. The number of benzene rings is 3. The Kier molecular flexibility index (Phi) is 8.92. The topological polar surface area (TPSA) is 138 Å². The quantitative estimate of drug-likeness (QED) is 0.222. The van der Waals surface area contributed by atoms with E-state index in [-0.39, 0.29) is 59.3 Å². The third-order valence-electron chi connectivity index (χ3n) is 5.76. The lowest BCUT2D eigenvalue weighted by atomic mass is 10.1. The molecule has 0 radical (unpaired) electrons. The highest BCUT2D eigenvalue weighted by Gasteiger charge is 2.22. The molecule has 0 unspecified atom stereocenters. The maximum absolute atomic E-state index is 13.3. The van der Waals surface area contributed by atoms with Crippen LogP contribution >= 0.6 is 0 Å². The van der Waals surface area contributed by atoms with Crippen molar-refractivity contribution in [2.24, 2.45) is 0 Å². The van der Waals surface area contributed by atoms with Crippen molar-refractivity contribution in [1.29, 1.82) is 0 Å². The maximum Gasteiger partial charge on any atom is 0.397 e. The second-order valence-electron chi connectivity index (χ2n) is 8.47. The molecule has 0 spiro atoms. The predicted molar refractivity (Wildman–Crippen MR) is 148 cm³/mol. The Bertz CT molecular complexity index is 1620. The van der Waals surface area contributed by atoms with Crippen molar-refractivity contribution in [2.75, 3.05) is 30.5 Å². The van der Waals surface area contributed by atoms with Crippen LogP contribution in [0.2, 0.25) is 0 Å². The zero-order chi connectivity index (χ0) is 29.5. The van der Waals surface area contributed by atoms with Crippen LogP contribution in [0.3, 0.4) is 0 Å². The van der Waals surface area contributed by atoms with E-state index in [2.05, 4.69) is 15.6 Å². The van der Waals surface area contributed by atoms with Crippen molar-refractivity contribution in [1.82, 2.24) is 9.55 Å². The summed E-state index contributed by atoms with van der Waals surface area (Å²) in [5, 5.41) is 5.51. The lowest BCUT2D eigenvalue weighted by Crippen LogP contribution is -2.23. The molecule has 1 aromatic heterocycles. The molecule has 212 valence electrons. The zero-order valence-corrected chi connectivity index (χ0v) is 22.5. The molecule has 12 heteroatoms. The minimum atomic E-state index is -1.04. The third kappa shape index (κ3) is 6.49. The number of carbonyl (C=O) groups is 4. The van der Waals surface area contributed by atoms with Gasteiger partial charge >= 0.3 is 11.9 Å². The molecule has 3 aromatic carbocycles. The largest absolute Gasteiger partial charge is 0.492 e. The molecule has 2 amide bonds. The summed E-state index contributed by atoms with van der Waals surface area (Å²) in [5.74, 6) is -2.98. The Balaban J connectivity index is 1.64. The predicted octanol–water partition coefficient (Wildman–Crippen LogP) is 4.68. The van der Waals surface area contributed by atoms with Crippen molar-refractivity contribution in [3.63, 3.8) is 0 Å². The lowest BCUT2D eigenvalue weighted by Gasteiger charge is -2.18. The molecule has 0 fully saturated rings. The number of rotatable bonds is 9. The summed E-state index contributed by atoms with van der Waals surface area (Å²) in [5.41, 5.74) is 1.59. The first-order valence-electron chi connectivity index (χ1n) is 12.8. The number of imidazole rings is 1. The Morgan fingerprint density at radius 1 is 0.780 bits per heavy atom. The molecule has 2 N–H and O–H groups in total. The van der Waals surface area contributed by atoms with Crippen LogP contribution in [0.1, 0.15) is 46.3 Å². The number of ether oxygens (including phenoxy) is 3. The van der Waals surface area contributed by atoms with Crippen LogP contribution in [0, 0.1) is 5.82 Å². The minimum Gasteiger partial charge on any atom is -0.492 e. The number of anilines is 2. The molecule has 0 aliphatic rings. The van der Waals surface area contributed by atoms with E-state index < -0.39 is 29.5 Å². The smallest absolute Gasteiger partial charge is 0.397 e. The summed E-state index contributed by atoms with van der Waals surface area (Å²) in [6, 6.07) is 12.6. The molecule has 0 aliphatic heterocycles. The number of nitrogens with zero attached hydrogens (tertiary/aromatic N) is 2. The van der Waals surface area contributed by atoms with Gasteiger partial charge in [0.05, 0.1) is 42.2 Å². The number of amides is 2. The molecule has 0 bridgehead atoms. The first kappa shape index (κ1) is 28.7. The van der Waals surface area contributed by atoms with Gasteiger partial charge in [-0.05, 0) is 63.2 Å². The average molecular weight is 563 g/mol. The van der Waals surface area contributed by atoms with Gasteiger partial charge < -0.3 is 24.8 Å². The van der Waals surface area contributed by atoms with E-state index >= 15 is 0 Å². The highest BCUT2D eigenvalue weighted by atomic mass is 19.1. The highest BCUT2D eigenvalue weighted by Crippen LogP contribution is 2.37. The SMILES string of the molecule is CCOC(=O)C(=O)n1cnc2ccc(C(=O)Nc3cc(OCC)c(NC(=O)c4ccc(F)cc4)cc3OCC)cc21. The number of esters is 1. The van der Waals surface area contributed by atoms with Crippen LogP contribution in [0.15, 0.2) is 60.9 Å². The number of fused-ring (bicyclic) bond motifs is 1. The average Bonchev–Trinajstić information content (AvgIpc) is 3.38.